The zero-order chi connectivity index (χ0) is 15.5. The van der Waals surface area contributed by atoms with Crippen LogP contribution in [0.3, 0.4) is 0 Å². The molecule has 1 aromatic carbocycles. The van der Waals surface area contributed by atoms with Crippen LogP contribution in [0, 0.1) is 0 Å². The Labute approximate surface area is 130 Å². The van der Waals surface area contributed by atoms with Crippen molar-refractivity contribution in [2.75, 3.05) is 11.9 Å². The minimum absolute atomic E-state index is 0.106. The van der Waals surface area contributed by atoms with E-state index in [9.17, 15) is 9.90 Å². The number of pyridine rings is 1. The predicted molar refractivity (Wildman–Crippen MR) is 89.1 cm³/mol. The van der Waals surface area contributed by atoms with Crippen LogP contribution in [0.1, 0.15) is 37.3 Å². The molecule has 1 aliphatic rings. The largest absolute Gasteiger partial charge is 0.507 e. The van der Waals surface area contributed by atoms with Gasteiger partial charge in [-0.05, 0) is 37.8 Å². The number of hydrogen-bond donors (Lipinski definition) is 2. The molecular formula is C18H22N2O2. The molecule has 0 spiro atoms. The van der Waals surface area contributed by atoms with Crippen molar-refractivity contribution in [1.82, 2.24) is 4.57 Å². The van der Waals surface area contributed by atoms with Crippen molar-refractivity contribution in [3.63, 3.8) is 0 Å². The van der Waals surface area contributed by atoms with E-state index in [1.54, 1.807) is 4.57 Å². The number of hydrogen-bond acceptors (Lipinski definition) is 3. The molecule has 0 aliphatic carbocycles. The molecule has 0 saturated carbocycles. The van der Waals surface area contributed by atoms with Crippen molar-refractivity contribution < 1.29 is 5.11 Å². The van der Waals surface area contributed by atoms with E-state index in [2.05, 4.69) is 12.2 Å². The number of fused-ring (bicyclic) bond motifs is 1. The summed E-state index contributed by atoms with van der Waals surface area (Å²) in [5.41, 5.74) is 2.16. The summed E-state index contributed by atoms with van der Waals surface area (Å²) in [5.74, 6) is 0.952. The molecule has 0 atom stereocenters. The zero-order valence-electron chi connectivity index (χ0n) is 12.9. The lowest BCUT2D eigenvalue weighted by Gasteiger charge is -2.25. The van der Waals surface area contributed by atoms with Crippen molar-refractivity contribution in [2.45, 2.75) is 39.0 Å². The van der Waals surface area contributed by atoms with Gasteiger partial charge in [-0.15, -0.1) is 0 Å². The summed E-state index contributed by atoms with van der Waals surface area (Å²) in [5, 5.41) is 13.9. The maximum absolute atomic E-state index is 12.9. The fourth-order valence-corrected chi connectivity index (χ4v) is 3.06. The second-order valence-electron chi connectivity index (χ2n) is 5.76. The number of unbranched alkanes of at least 4 members (excludes halogenated alkanes) is 1. The molecule has 0 bridgehead atoms. The molecule has 1 aromatic heterocycles. The summed E-state index contributed by atoms with van der Waals surface area (Å²) in [6.45, 7) is 2.92. The molecule has 0 radical (unpaired) electrons. The van der Waals surface area contributed by atoms with Crippen molar-refractivity contribution in [3.05, 3.63) is 51.8 Å². The topological polar surface area (TPSA) is 54.3 Å². The molecule has 0 unspecified atom stereocenters. The van der Waals surface area contributed by atoms with Gasteiger partial charge >= 0.3 is 0 Å². The Hall–Kier alpha value is -2.23. The van der Waals surface area contributed by atoms with Gasteiger partial charge in [-0.1, -0.05) is 31.5 Å². The van der Waals surface area contributed by atoms with Crippen LogP contribution in [0.4, 0.5) is 5.82 Å². The normalized spacial score (nSPS) is 13.5. The summed E-state index contributed by atoms with van der Waals surface area (Å²) in [4.78, 5) is 12.9. The fraction of sp³-hybridized carbons (Fsp3) is 0.389. The average Bonchev–Trinajstić information content (AvgIpc) is 2.56. The van der Waals surface area contributed by atoms with Gasteiger partial charge < -0.3 is 10.4 Å². The predicted octanol–water partition coefficient (Wildman–Crippen LogP) is 3.24. The zero-order valence-corrected chi connectivity index (χ0v) is 12.9. The number of rotatable bonds is 4. The second kappa shape index (κ2) is 6.26. The molecule has 2 heterocycles. The molecule has 0 amide bonds. The van der Waals surface area contributed by atoms with Crippen LogP contribution < -0.4 is 10.9 Å². The van der Waals surface area contributed by atoms with Crippen LogP contribution in [-0.4, -0.2) is 16.2 Å². The Morgan fingerprint density at radius 3 is 2.77 bits per heavy atom. The van der Waals surface area contributed by atoms with Gasteiger partial charge in [0.2, 0.25) is 0 Å². The number of nitrogens with one attached hydrogen (secondary N) is 1. The lowest BCUT2D eigenvalue weighted by Crippen LogP contribution is -2.29. The molecular weight excluding hydrogens is 276 g/mol. The van der Waals surface area contributed by atoms with Crippen molar-refractivity contribution in [2.24, 2.45) is 0 Å². The third-order valence-corrected chi connectivity index (χ3v) is 4.23. The summed E-state index contributed by atoms with van der Waals surface area (Å²) < 4.78 is 1.72. The van der Waals surface area contributed by atoms with Crippen LogP contribution in [0.5, 0.6) is 5.75 Å². The van der Waals surface area contributed by atoms with Crippen LogP contribution in [0.2, 0.25) is 0 Å². The maximum Gasteiger partial charge on any atom is 0.263 e. The first-order valence-electron chi connectivity index (χ1n) is 8.03. The molecule has 22 heavy (non-hydrogen) atoms. The molecule has 116 valence electrons. The summed E-state index contributed by atoms with van der Waals surface area (Å²) in [6.07, 6.45) is 4.31. The van der Waals surface area contributed by atoms with Crippen LogP contribution >= 0.6 is 0 Å². The first-order chi connectivity index (χ1) is 10.7. The van der Waals surface area contributed by atoms with Gasteiger partial charge in [0.15, 0.2) is 0 Å². The van der Waals surface area contributed by atoms with Crippen molar-refractivity contribution >= 4 is 5.82 Å². The van der Waals surface area contributed by atoms with E-state index in [1.807, 2.05) is 30.3 Å². The molecule has 2 N–H and O–H groups in total. The monoisotopic (exact) mass is 298 g/mol. The Balaban J connectivity index is 2.25. The van der Waals surface area contributed by atoms with E-state index >= 15 is 0 Å². The molecule has 0 fully saturated rings. The summed E-state index contributed by atoms with van der Waals surface area (Å²) >= 11 is 0. The molecule has 4 heteroatoms. The SMILES string of the molecule is CCCCc1c(O)c2c(n(-c3ccccc3)c1=O)NCCC2. The van der Waals surface area contributed by atoms with Gasteiger partial charge in [0.05, 0.1) is 11.3 Å². The Kier molecular flexibility index (Phi) is 4.18. The number of benzene rings is 1. The smallest absolute Gasteiger partial charge is 0.263 e. The number of para-hydroxylation sites is 1. The minimum atomic E-state index is -0.106. The van der Waals surface area contributed by atoms with Gasteiger partial charge in [0.25, 0.3) is 5.56 Å². The summed E-state index contributed by atoms with van der Waals surface area (Å²) in [7, 11) is 0. The highest BCUT2D eigenvalue weighted by molar-refractivity contribution is 5.60. The highest BCUT2D eigenvalue weighted by atomic mass is 16.3. The van der Waals surface area contributed by atoms with Crippen LogP contribution in [0.25, 0.3) is 5.69 Å². The van der Waals surface area contributed by atoms with E-state index in [0.717, 1.165) is 49.3 Å². The standard InChI is InChI=1S/C18H22N2O2/c1-2-3-10-15-16(21)14-11-7-12-19-17(14)20(18(15)22)13-8-5-4-6-9-13/h4-6,8-9,19,21H,2-3,7,10-12H2,1H3. The molecule has 4 nitrogen and oxygen atoms in total. The third-order valence-electron chi connectivity index (χ3n) is 4.23. The molecule has 3 rings (SSSR count). The Bertz CT molecular complexity index is 720. The number of nitrogens with zero attached hydrogens (tertiary/aromatic N) is 1. The van der Waals surface area contributed by atoms with E-state index in [1.165, 1.54) is 0 Å². The van der Waals surface area contributed by atoms with Crippen LogP contribution in [0.15, 0.2) is 35.1 Å². The second-order valence-corrected chi connectivity index (χ2v) is 5.76. The van der Waals surface area contributed by atoms with Gasteiger partial charge in [-0.3, -0.25) is 9.36 Å². The first kappa shape index (κ1) is 14.7. The minimum Gasteiger partial charge on any atom is -0.507 e. The quantitative estimate of drug-likeness (QED) is 0.911. The Morgan fingerprint density at radius 2 is 2.05 bits per heavy atom. The van der Waals surface area contributed by atoms with E-state index < -0.39 is 0 Å². The van der Waals surface area contributed by atoms with E-state index in [0.29, 0.717) is 12.0 Å². The number of aromatic hydroxyl groups is 1. The van der Waals surface area contributed by atoms with Crippen molar-refractivity contribution in [3.8, 4) is 11.4 Å². The Morgan fingerprint density at radius 1 is 1.27 bits per heavy atom. The van der Waals surface area contributed by atoms with E-state index in [-0.39, 0.29) is 11.3 Å². The number of aromatic nitrogens is 1. The number of anilines is 1. The highest BCUT2D eigenvalue weighted by Gasteiger charge is 2.23. The van der Waals surface area contributed by atoms with Gasteiger partial charge in [0, 0.05) is 12.1 Å². The lowest BCUT2D eigenvalue weighted by atomic mass is 10.00. The summed E-state index contributed by atoms with van der Waals surface area (Å²) in [6, 6.07) is 9.65. The highest BCUT2D eigenvalue weighted by Crippen LogP contribution is 2.33. The van der Waals surface area contributed by atoms with Gasteiger partial charge in [0.1, 0.15) is 11.6 Å². The third kappa shape index (κ3) is 2.49. The first-order valence-corrected chi connectivity index (χ1v) is 8.03. The van der Waals surface area contributed by atoms with Crippen molar-refractivity contribution in [1.29, 1.82) is 0 Å². The fourth-order valence-electron chi connectivity index (χ4n) is 3.06. The van der Waals surface area contributed by atoms with Gasteiger partial charge in [-0.2, -0.15) is 0 Å². The molecule has 0 saturated heterocycles. The lowest BCUT2D eigenvalue weighted by molar-refractivity contribution is 0.454. The van der Waals surface area contributed by atoms with Gasteiger partial charge in [-0.25, -0.2) is 0 Å². The molecule has 2 aromatic rings. The molecule has 1 aliphatic heterocycles. The maximum atomic E-state index is 12.9. The van der Waals surface area contributed by atoms with Crippen LogP contribution in [-0.2, 0) is 12.8 Å². The average molecular weight is 298 g/mol. The van der Waals surface area contributed by atoms with E-state index in [4.69, 9.17) is 0 Å².